The van der Waals surface area contributed by atoms with Gasteiger partial charge in [-0.15, -0.1) is 0 Å². The van der Waals surface area contributed by atoms with E-state index in [1.807, 2.05) is 12.1 Å². The fraction of sp³-hybridized carbons (Fsp3) is 0.571. The molecule has 0 aromatic carbocycles. The summed E-state index contributed by atoms with van der Waals surface area (Å²) in [6, 6.07) is 4.24. The van der Waals surface area contributed by atoms with Gasteiger partial charge in [-0.3, -0.25) is 9.69 Å². The number of hydrogen-bond acceptors (Lipinski definition) is 4. The molecule has 2 rings (SSSR count). The zero-order chi connectivity index (χ0) is 13.7. The Bertz CT molecular complexity index is 436. The lowest BCUT2D eigenvalue weighted by Gasteiger charge is -2.35. The fourth-order valence-electron chi connectivity index (χ4n) is 2.71. The van der Waals surface area contributed by atoms with Crippen LogP contribution in [0.2, 0.25) is 0 Å². The third kappa shape index (κ3) is 4.21. The Kier molecular flexibility index (Phi) is 4.74. The molecule has 1 aliphatic rings. The van der Waals surface area contributed by atoms with Crippen molar-refractivity contribution in [1.29, 1.82) is 0 Å². The zero-order valence-corrected chi connectivity index (χ0v) is 11.1. The van der Waals surface area contributed by atoms with Gasteiger partial charge in [0.05, 0.1) is 0 Å². The molecule has 0 radical (unpaired) electrons. The van der Waals surface area contributed by atoms with Gasteiger partial charge in [-0.2, -0.15) is 0 Å². The standard InChI is InChI=1S/C14H21N3O2/c15-13-9-11(6-7-16-13)10-17-8-2-1-3-12(17)4-5-14(18)19/h6-7,9,12H,1-5,8,10H2,(H2,15,16)(H,18,19). The minimum atomic E-state index is -0.710. The topological polar surface area (TPSA) is 79.5 Å². The van der Waals surface area contributed by atoms with E-state index >= 15 is 0 Å². The van der Waals surface area contributed by atoms with Gasteiger partial charge in [0.25, 0.3) is 0 Å². The van der Waals surface area contributed by atoms with Crippen LogP contribution in [0, 0.1) is 0 Å². The summed E-state index contributed by atoms with van der Waals surface area (Å²) >= 11 is 0. The summed E-state index contributed by atoms with van der Waals surface area (Å²) in [6.07, 6.45) is 6.17. The molecule has 1 aliphatic heterocycles. The first kappa shape index (κ1) is 13.8. The van der Waals surface area contributed by atoms with E-state index in [4.69, 9.17) is 10.8 Å². The van der Waals surface area contributed by atoms with Gasteiger partial charge in [-0.05, 0) is 43.5 Å². The molecule has 2 heterocycles. The maximum atomic E-state index is 10.7. The number of nitrogen functional groups attached to an aromatic ring is 1. The maximum absolute atomic E-state index is 10.7. The number of carboxylic acids is 1. The molecule has 5 nitrogen and oxygen atoms in total. The van der Waals surface area contributed by atoms with Crippen LogP contribution in [0.5, 0.6) is 0 Å². The SMILES string of the molecule is Nc1cc(CN2CCCCC2CCC(=O)O)ccn1. The van der Waals surface area contributed by atoms with Crippen molar-refractivity contribution < 1.29 is 9.90 Å². The molecule has 5 heteroatoms. The third-order valence-corrected chi connectivity index (χ3v) is 3.67. The number of nitrogens with two attached hydrogens (primary N) is 1. The molecule has 1 aromatic heterocycles. The second kappa shape index (κ2) is 6.52. The lowest BCUT2D eigenvalue weighted by molar-refractivity contribution is -0.137. The van der Waals surface area contributed by atoms with Crippen molar-refractivity contribution in [3.05, 3.63) is 23.9 Å². The smallest absolute Gasteiger partial charge is 0.303 e. The highest BCUT2D eigenvalue weighted by Gasteiger charge is 2.22. The number of aromatic nitrogens is 1. The lowest BCUT2D eigenvalue weighted by Crippen LogP contribution is -2.39. The Morgan fingerprint density at radius 2 is 2.37 bits per heavy atom. The quantitative estimate of drug-likeness (QED) is 0.848. The molecule has 0 amide bonds. The largest absolute Gasteiger partial charge is 0.481 e. The molecular weight excluding hydrogens is 242 g/mol. The molecule has 0 spiro atoms. The number of rotatable bonds is 5. The van der Waals surface area contributed by atoms with Gasteiger partial charge in [0.1, 0.15) is 5.82 Å². The first-order chi connectivity index (χ1) is 9.15. The molecule has 0 aliphatic carbocycles. The molecule has 19 heavy (non-hydrogen) atoms. The van der Waals surface area contributed by atoms with E-state index in [2.05, 4.69) is 9.88 Å². The van der Waals surface area contributed by atoms with E-state index in [-0.39, 0.29) is 6.42 Å². The van der Waals surface area contributed by atoms with Crippen molar-refractivity contribution in [2.75, 3.05) is 12.3 Å². The lowest BCUT2D eigenvalue weighted by atomic mass is 9.97. The van der Waals surface area contributed by atoms with Gasteiger partial charge in [-0.1, -0.05) is 6.42 Å². The van der Waals surface area contributed by atoms with Crippen LogP contribution in [0.25, 0.3) is 0 Å². The molecule has 3 N–H and O–H groups in total. The number of aliphatic carboxylic acids is 1. The monoisotopic (exact) mass is 263 g/mol. The van der Waals surface area contributed by atoms with Crippen LogP contribution in [-0.4, -0.2) is 33.5 Å². The normalized spacial score (nSPS) is 20.3. The number of carboxylic acid groups (broad SMARTS) is 1. The van der Waals surface area contributed by atoms with Crippen LogP contribution >= 0.6 is 0 Å². The Balaban J connectivity index is 1.97. The van der Waals surface area contributed by atoms with Gasteiger partial charge in [0, 0.05) is 25.2 Å². The Morgan fingerprint density at radius 3 is 3.11 bits per heavy atom. The summed E-state index contributed by atoms with van der Waals surface area (Å²) in [5.74, 6) is -0.171. The van der Waals surface area contributed by atoms with E-state index in [1.54, 1.807) is 6.20 Å². The van der Waals surface area contributed by atoms with Crippen molar-refractivity contribution in [3.8, 4) is 0 Å². The number of nitrogens with zero attached hydrogens (tertiary/aromatic N) is 2. The average Bonchev–Trinajstić information content (AvgIpc) is 2.38. The van der Waals surface area contributed by atoms with Gasteiger partial charge >= 0.3 is 5.97 Å². The van der Waals surface area contributed by atoms with E-state index in [0.717, 1.165) is 31.5 Å². The van der Waals surface area contributed by atoms with Crippen LogP contribution in [0.3, 0.4) is 0 Å². The Labute approximate surface area is 113 Å². The van der Waals surface area contributed by atoms with Crippen molar-refractivity contribution in [2.45, 2.75) is 44.7 Å². The average molecular weight is 263 g/mol. The van der Waals surface area contributed by atoms with E-state index in [1.165, 1.54) is 12.8 Å². The van der Waals surface area contributed by atoms with Crippen LogP contribution in [0.4, 0.5) is 5.82 Å². The predicted molar refractivity (Wildman–Crippen MR) is 73.6 cm³/mol. The third-order valence-electron chi connectivity index (χ3n) is 3.67. The first-order valence-electron chi connectivity index (χ1n) is 6.81. The van der Waals surface area contributed by atoms with Gasteiger partial charge in [0.15, 0.2) is 0 Å². The number of likely N-dealkylation sites (tertiary alicyclic amines) is 1. The molecular formula is C14H21N3O2. The van der Waals surface area contributed by atoms with E-state index in [0.29, 0.717) is 11.9 Å². The van der Waals surface area contributed by atoms with Crippen LogP contribution in [0.15, 0.2) is 18.3 Å². The summed E-state index contributed by atoms with van der Waals surface area (Å²) in [5, 5.41) is 8.81. The molecule has 104 valence electrons. The highest BCUT2D eigenvalue weighted by molar-refractivity contribution is 5.66. The first-order valence-corrected chi connectivity index (χ1v) is 6.81. The van der Waals surface area contributed by atoms with Crippen molar-refractivity contribution in [3.63, 3.8) is 0 Å². The number of anilines is 1. The summed E-state index contributed by atoms with van der Waals surface area (Å²) in [4.78, 5) is 17.1. The summed E-state index contributed by atoms with van der Waals surface area (Å²) < 4.78 is 0. The second-order valence-electron chi connectivity index (χ2n) is 5.14. The predicted octanol–water partition coefficient (Wildman–Crippen LogP) is 1.88. The second-order valence-corrected chi connectivity index (χ2v) is 5.14. The van der Waals surface area contributed by atoms with Crippen LogP contribution in [0.1, 0.15) is 37.7 Å². The minimum Gasteiger partial charge on any atom is -0.481 e. The molecule has 1 saturated heterocycles. The Morgan fingerprint density at radius 1 is 1.53 bits per heavy atom. The molecule has 1 aromatic rings. The van der Waals surface area contributed by atoms with E-state index in [9.17, 15) is 4.79 Å². The van der Waals surface area contributed by atoms with Crippen LogP contribution in [-0.2, 0) is 11.3 Å². The number of carbonyl (C=O) groups is 1. The summed E-state index contributed by atoms with van der Waals surface area (Å²) in [7, 11) is 0. The summed E-state index contributed by atoms with van der Waals surface area (Å²) in [6.45, 7) is 1.86. The fourth-order valence-corrected chi connectivity index (χ4v) is 2.71. The Hall–Kier alpha value is -1.62. The zero-order valence-electron chi connectivity index (χ0n) is 11.1. The molecule has 0 bridgehead atoms. The number of hydrogen-bond donors (Lipinski definition) is 2. The number of piperidine rings is 1. The van der Waals surface area contributed by atoms with Gasteiger partial charge < -0.3 is 10.8 Å². The van der Waals surface area contributed by atoms with Crippen molar-refractivity contribution >= 4 is 11.8 Å². The highest BCUT2D eigenvalue weighted by Crippen LogP contribution is 2.23. The van der Waals surface area contributed by atoms with Crippen LogP contribution < -0.4 is 5.73 Å². The van der Waals surface area contributed by atoms with E-state index < -0.39 is 5.97 Å². The van der Waals surface area contributed by atoms with Crippen molar-refractivity contribution in [2.24, 2.45) is 0 Å². The minimum absolute atomic E-state index is 0.250. The van der Waals surface area contributed by atoms with Gasteiger partial charge in [0.2, 0.25) is 0 Å². The van der Waals surface area contributed by atoms with Crippen molar-refractivity contribution in [1.82, 2.24) is 9.88 Å². The molecule has 1 atom stereocenters. The highest BCUT2D eigenvalue weighted by atomic mass is 16.4. The molecule has 1 fully saturated rings. The molecule has 1 unspecified atom stereocenters. The maximum Gasteiger partial charge on any atom is 0.303 e. The number of pyridine rings is 1. The summed E-state index contributed by atoms with van der Waals surface area (Å²) in [5.41, 5.74) is 6.84. The van der Waals surface area contributed by atoms with Gasteiger partial charge in [-0.25, -0.2) is 4.98 Å². The molecule has 0 saturated carbocycles.